The number of thiocarbonyl (C=S) groups is 1. The van der Waals surface area contributed by atoms with Crippen molar-refractivity contribution < 1.29 is 4.39 Å². The van der Waals surface area contributed by atoms with Crippen molar-refractivity contribution in [2.75, 3.05) is 0 Å². The summed E-state index contributed by atoms with van der Waals surface area (Å²) in [5.74, 6) is 0. The molecule has 0 atom stereocenters. The molecule has 0 unspecified atom stereocenters. The third kappa shape index (κ3) is 1.74. The Morgan fingerprint density at radius 2 is 2.09 bits per heavy atom. The highest BCUT2D eigenvalue weighted by Crippen LogP contribution is 2.09. The molecule has 1 rings (SSSR count). The van der Waals surface area contributed by atoms with Gasteiger partial charge >= 0.3 is 0 Å². The zero-order chi connectivity index (χ0) is 8.27. The Bertz CT molecular complexity index is 273. The standard InChI is InChI=1S/C8H8FNS/c9-5-6-3-1-2-4-7(6)8(10)11/h1-4H,5H2,(H2,10,11). The molecule has 0 aliphatic rings. The lowest BCUT2D eigenvalue weighted by molar-refractivity contribution is 0.485. The summed E-state index contributed by atoms with van der Waals surface area (Å²) in [5, 5.41) is 0. The van der Waals surface area contributed by atoms with Crippen molar-refractivity contribution in [3.63, 3.8) is 0 Å². The van der Waals surface area contributed by atoms with Crippen LogP contribution < -0.4 is 5.73 Å². The van der Waals surface area contributed by atoms with Gasteiger partial charge < -0.3 is 5.73 Å². The SMILES string of the molecule is NC(=S)c1ccccc1CF. The Balaban J connectivity index is 3.12. The predicted octanol–water partition coefficient (Wildman–Crippen LogP) is 1.79. The first-order chi connectivity index (χ1) is 5.25. The second kappa shape index (κ2) is 3.44. The van der Waals surface area contributed by atoms with E-state index in [1.54, 1.807) is 24.3 Å². The molecule has 0 heterocycles. The summed E-state index contributed by atoms with van der Waals surface area (Å²) in [6.45, 7) is -0.520. The van der Waals surface area contributed by atoms with Gasteiger partial charge in [-0.25, -0.2) is 4.39 Å². The fourth-order valence-electron chi connectivity index (χ4n) is 0.877. The number of halogens is 1. The van der Waals surface area contributed by atoms with Gasteiger partial charge in [-0.1, -0.05) is 36.5 Å². The third-order valence-electron chi connectivity index (χ3n) is 1.43. The molecule has 0 radical (unpaired) electrons. The number of benzene rings is 1. The van der Waals surface area contributed by atoms with Gasteiger partial charge in [0.05, 0.1) is 0 Å². The molecule has 0 saturated carbocycles. The van der Waals surface area contributed by atoms with Crippen molar-refractivity contribution in [1.82, 2.24) is 0 Å². The van der Waals surface area contributed by atoms with E-state index in [4.69, 9.17) is 18.0 Å². The van der Waals surface area contributed by atoms with Crippen LogP contribution in [-0.2, 0) is 6.67 Å². The fourth-order valence-corrected chi connectivity index (χ4v) is 1.08. The van der Waals surface area contributed by atoms with Crippen LogP contribution in [0.5, 0.6) is 0 Å². The molecule has 0 bridgehead atoms. The van der Waals surface area contributed by atoms with Crippen LogP contribution in [0, 0.1) is 0 Å². The molecule has 0 aliphatic heterocycles. The molecule has 11 heavy (non-hydrogen) atoms. The molecular formula is C8H8FNS. The first-order valence-corrected chi connectivity index (χ1v) is 3.60. The summed E-state index contributed by atoms with van der Waals surface area (Å²) in [7, 11) is 0. The van der Waals surface area contributed by atoms with Gasteiger partial charge in [-0.3, -0.25) is 0 Å². The minimum absolute atomic E-state index is 0.248. The highest BCUT2D eigenvalue weighted by atomic mass is 32.1. The number of alkyl halides is 1. The molecular weight excluding hydrogens is 161 g/mol. The lowest BCUT2D eigenvalue weighted by atomic mass is 10.1. The Morgan fingerprint density at radius 3 is 2.55 bits per heavy atom. The highest BCUT2D eigenvalue weighted by Gasteiger charge is 2.01. The van der Waals surface area contributed by atoms with Crippen LogP contribution >= 0.6 is 12.2 Å². The summed E-state index contributed by atoms with van der Waals surface area (Å²) >= 11 is 4.73. The maximum Gasteiger partial charge on any atom is 0.115 e. The number of nitrogens with two attached hydrogens (primary N) is 1. The molecule has 0 saturated heterocycles. The third-order valence-corrected chi connectivity index (χ3v) is 1.65. The van der Waals surface area contributed by atoms with E-state index in [1.807, 2.05) is 0 Å². The van der Waals surface area contributed by atoms with E-state index in [9.17, 15) is 4.39 Å². The van der Waals surface area contributed by atoms with Gasteiger partial charge in [0.1, 0.15) is 11.7 Å². The van der Waals surface area contributed by atoms with Gasteiger partial charge in [0, 0.05) is 5.56 Å². The summed E-state index contributed by atoms with van der Waals surface area (Å²) in [4.78, 5) is 0.248. The molecule has 1 aromatic carbocycles. The molecule has 2 N–H and O–H groups in total. The average molecular weight is 169 g/mol. The second-order valence-corrected chi connectivity index (χ2v) is 2.59. The van der Waals surface area contributed by atoms with Gasteiger partial charge in [0.2, 0.25) is 0 Å². The topological polar surface area (TPSA) is 26.0 Å². The largest absolute Gasteiger partial charge is 0.389 e. The van der Waals surface area contributed by atoms with Crippen LogP contribution in [-0.4, -0.2) is 4.99 Å². The van der Waals surface area contributed by atoms with E-state index in [1.165, 1.54) is 0 Å². The minimum Gasteiger partial charge on any atom is -0.389 e. The van der Waals surface area contributed by atoms with E-state index in [0.29, 0.717) is 11.1 Å². The van der Waals surface area contributed by atoms with E-state index < -0.39 is 6.67 Å². The average Bonchev–Trinajstić information content (AvgIpc) is 2.04. The van der Waals surface area contributed by atoms with E-state index in [2.05, 4.69) is 0 Å². The molecule has 0 aliphatic carbocycles. The Labute approximate surface area is 70.0 Å². The number of rotatable bonds is 2. The predicted molar refractivity (Wildman–Crippen MR) is 47.1 cm³/mol. The van der Waals surface area contributed by atoms with Crippen molar-refractivity contribution in [1.29, 1.82) is 0 Å². The van der Waals surface area contributed by atoms with Crippen LogP contribution in [0.2, 0.25) is 0 Å². The number of hydrogen-bond donors (Lipinski definition) is 1. The molecule has 1 nitrogen and oxygen atoms in total. The minimum atomic E-state index is -0.520. The van der Waals surface area contributed by atoms with Gasteiger partial charge in [0.25, 0.3) is 0 Å². The summed E-state index contributed by atoms with van der Waals surface area (Å²) in [5.41, 5.74) is 6.54. The van der Waals surface area contributed by atoms with Gasteiger partial charge in [-0.2, -0.15) is 0 Å². The molecule has 0 amide bonds. The summed E-state index contributed by atoms with van der Waals surface area (Å²) in [6.07, 6.45) is 0. The molecule has 0 aromatic heterocycles. The zero-order valence-corrected chi connectivity index (χ0v) is 6.70. The smallest absolute Gasteiger partial charge is 0.115 e. The highest BCUT2D eigenvalue weighted by molar-refractivity contribution is 7.80. The normalized spacial score (nSPS) is 9.55. The second-order valence-electron chi connectivity index (χ2n) is 2.16. The lowest BCUT2D eigenvalue weighted by Crippen LogP contribution is -2.11. The van der Waals surface area contributed by atoms with Crippen LogP contribution in [0.25, 0.3) is 0 Å². The summed E-state index contributed by atoms with van der Waals surface area (Å²) < 4.78 is 12.2. The first kappa shape index (κ1) is 8.14. The van der Waals surface area contributed by atoms with Gasteiger partial charge in [-0.05, 0) is 5.56 Å². The van der Waals surface area contributed by atoms with Gasteiger partial charge in [-0.15, -0.1) is 0 Å². The van der Waals surface area contributed by atoms with Crippen LogP contribution in [0.4, 0.5) is 4.39 Å². The monoisotopic (exact) mass is 169 g/mol. The summed E-state index contributed by atoms with van der Waals surface area (Å²) in [6, 6.07) is 6.94. The van der Waals surface area contributed by atoms with E-state index >= 15 is 0 Å². The Morgan fingerprint density at radius 1 is 1.45 bits per heavy atom. The Kier molecular flexibility index (Phi) is 2.54. The maximum atomic E-state index is 12.2. The molecule has 0 spiro atoms. The molecule has 3 heteroatoms. The maximum absolute atomic E-state index is 12.2. The van der Waals surface area contributed by atoms with Gasteiger partial charge in [0.15, 0.2) is 0 Å². The fraction of sp³-hybridized carbons (Fsp3) is 0.125. The molecule has 58 valence electrons. The van der Waals surface area contributed by atoms with Crippen molar-refractivity contribution in [3.05, 3.63) is 35.4 Å². The molecule has 0 fully saturated rings. The quantitative estimate of drug-likeness (QED) is 0.683. The van der Waals surface area contributed by atoms with Crippen molar-refractivity contribution in [3.8, 4) is 0 Å². The molecule has 1 aromatic rings. The lowest BCUT2D eigenvalue weighted by Gasteiger charge is -2.02. The van der Waals surface area contributed by atoms with Crippen LogP contribution in [0.15, 0.2) is 24.3 Å². The van der Waals surface area contributed by atoms with Crippen molar-refractivity contribution in [2.24, 2.45) is 5.73 Å². The number of hydrogen-bond acceptors (Lipinski definition) is 1. The van der Waals surface area contributed by atoms with E-state index in [0.717, 1.165) is 0 Å². The van der Waals surface area contributed by atoms with Crippen molar-refractivity contribution in [2.45, 2.75) is 6.67 Å². The van der Waals surface area contributed by atoms with E-state index in [-0.39, 0.29) is 4.99 Å². The van der Waals surface area contributed by atoms with Crippen LogP contribution in [0.1, 0.15) is 11.1 Å². The Hall–Kier alpha value is -0.960. The van der Waals surface area contributed by atoms with Crippen LogP contribution in [0.3, 0.4) is 0 Å². The zero-order valence-electron chi connectivity index (χ0n) is 5.88. The van der Waals surface area contributed by atoms with Crippen molar-refractivity contribution >= 4 is 17.2 Å². The first-order valence-electron chi connectivity index (χ1n) is 3.19.